The molecule has 19 heavy (non-hydrogen) atoms. The number of hydrogen-bond acceptors (Lipinski definition) is 6. The summed E-state index contributed by atoms with van der Waals surface area (Å²) in [5.41, 5.74) is 2.82. The third kappa shape index (κ3) is 2.20. The zero-order chi connectivity index (χ0) is 13.2. The van der Waals surface area contributed by atoms with E-state index in [0.29, 0.717) is 12.5 Å². The van der Waals surface area contributed by atoms with Gasteiger partial charge in [0.25, 0.3) is 0 Å². The highest BCUT2D eigenvalue weighted by molar-refractivity contribution is 7.17. The fraction of sp³-hybridized carbons (Fsp3) is 0.231. The molecule has 3 aromatic heterocycles. The maximum absolute atomic E-state index is 8.87. The highest BCUT2D eigenvalue weighted by Crippen LogP contribution is 2.33. The molecule has 0 aliphatic rings. The molecule has 0 fully saturated rings. The van der Waals surface area contributed by atoms with E-state index in [4.69, 9.17) is 9.52 Å². The van der Waals surface area contributed by atoms with Gasteiger partial charge in [0.2, 0.25) is 5.95 Å². The summed E-state index contributed by atoms with van der Waals surface area (Å²) in [5.74, 6) is 1.23. The summed E-state index contributed by atoms with van der Waals surface area (Å²) in [6.07, 6.45) is 1.63. The van der Waals surface area contributed by atoms with Gasteiger partial charge < -0.3 is 14.8 Å². The van der Waals surface area contributed by atoms with Crippen molar-refractivity contribution in [1.82, 2.24) is 9.97 Å². The van der Waals surface area contributed by atoms with E-state index in [-0.39, 0.29) is 6.61 Å². The fourth-order valence-corrected chi connectivity index (χ4v) is 2.84. The molecule has 0 aliphatic heterocycles. The van der Waals surface area contributed by atoms with Crippen LogP contribution in [0.3, 0.4) is 0 Å². The first kappa shape index (κ1) is 12.1. The van der Waals surface area contributed by atoms with Crippen LogP contribution in [0.2, 0.25) is 0 Å². The first-order valence-electron chi connectivity index (χ1n) is 5.94. The lowest BCUT2D eigenvalue weighted by atomic mass is 10.2. The van der Waals surface area contributed by atoms with E-state index in [1.54, 1.807) is 17.6 Å². The van der Waals surface area contributed by atoms with Crippen LogP contribution in [-0.4, -0.2) is 28.2 Å². The van der Waals surface area contributed by atoms with Crippen molar-refractivity contribution in [2.24, 2.45) is 0 Å². The monoisotopic (exact) mass is 275 g/mol. The molecule has 0 amide bonds. The van der Waals surface area contributed by atoms with Crippen molar-refractivity contribution in [3.63, 3.8) is 0 Å². The average molecular weight is 275 g/mol. The Balaban J connectivity index is 2.17. The third-order valence-electron chi connectivity index (χ3n) is 2.74. The standard InChI is InChI=1S/C13H13N3O2S/c1-8-7-19-12-10(8)15-13(14-4-5-17)16-11(12)9-3-2-6-18-9/h2-3,6-7,17H,4-5H2,1H3,(H,14,15,16). The number of rotatable bonds is 4. The Morgan fingerprint density at radius 2 is 2.32 bits per heavy atom. The number of aromatic nitrogens is 2. The van der Waals surface area contributed by atoms with Crippen molar-refractivity contribution >= 4 is 27.5 Å². The number of hydrogen-bond donors (Lipinski definition) is 2. The summed E-state index contributed by atoms with van der Waals surface area (Å²) in [6, 6.07) is 3.72. The van der Waals surface area contributed by atoms with Gasteiger partial charge in [-0.1, -0.05) is 0 Å². The Hall–Kier alpha value is -1.92. The van der Waals surface area contributed by atoms with Crippen LogP contribution in [0.5, 0.6) is 0 Å². The number of aliphatic hydroxyl groups is 1. The summed E-state index contributed by atoms with van der Waals surface area (Å²) < 4.78 is 6.45. The highest BCUT2D eigenvalue weighted by Gasteiger charge is 2.14. The SMILES string of the molecule is Cc1csc2c(-c3ccco3)nc(NCCO)nc12. The average Bonchev–Trinajstić information content (AvgIpc) is 3.06. The number of anilines is 1. The minimum absolute atomic E-state index is 0.0418. The summed E-state index contributed by atoms with van der Waals surface area (Å²) in [4.78, 5) is 8.96. The third-order valence-corrected chi connectivity index (χ3v) is 3.84. The molecule has 98 valence electrons. The molecular formula is C13H13N3O2S. The molecule has 0 aromatic carbocycles. The Kier molecular flexibility index (Phi) is 3.18. The van der Waals surface area contributed by atoms with Crippen molar-refractivity contribution < 1.29 is 9.52 Å². The molecule has 3 aromatic rings. The second-order valence-corrected chi connectivity index (χ2v) is 5.00. The topological polar surface area (TPSA) is 71.2 Å². The van der Waals surface area contributed by atoms with Gasteiger partial charge in [0.15, 0.2) is 5.76 Å². The second kappa shape index (κ2) is 4.99. The number of furan rings is 1. The van der Waals surface area contributed by atoms with Gasteiger partial charge in [-0.2, -0.15) is 0 Å². The highest BCUT2D eigenvalue weighted by atomic mass is 32.1. The van der Waals surface area contributed by atoms with Gasteiger partial charge >= 0.3 is 0 Å². The predicted octanol–water partition coefficient (Wildman–Crippen LogP) is 2.66. The maximum Gasteiger partial charge on any atom is 0.224 e. The normalized spacial score (nSPS) is 11.1. The number of nitrogens with zero attached hydrogens (tertiary/aromatic N) is 2. The first-order chi connectivity index (χ1) is 9.29. The summed E-state index contributed by atoms with van der Waals surface area (Å²) in [7, 11) is 0. The maximum atomic E-state index is 8.87. The van der Waals surface area contributed by atoms with Crippen molar-refractivity contribution in [2.45, 2.75) is 6.92 Å². The number of aryl methyl sites for hydroxylation is 1. The van der Waals surface area contributed by atoms with Gasteiger partial charge in [0.05, 0.1) is 23.1 Å². The molecule has 6 heteroatoms. The van der Waals surface area contributed by atoms with Crippen LogP contribution in [-0.2, 0) is 0 Å². The van der Waals surface area contributed by atoms with E-state index in [1.165, 1.54) is 0 Å². The minimum Gasteiger partial charge on any atom is -0.463 e. The number of nitrogens with one attached hydrogen (secondary N) is 1. The molecule has 5 nitrogen and oxygen atoms in total. The van der Waals surface area contributed by atoms with Gasteiger partial charge in [-0.3, -0.25) is 0 Å². The van der Waals surface area contributed by atoms with Crippen LogP contribution < -0.4 is 5.32 Å². The van der Waals surface area contributed by atoms with Crippen LogP contribution in [0.15, 0.2) is 28.2 Å². The van der Waals surface area contributed by atoms with Crippen LogP contribution in [0.1, 0.15) is 5.56 Å². The van der Waals surface area contributed by atoms with E-state index in [9.17, 15) is 0 Å². The summed E-state index contributed by atoms with van der Waals surface area (Å²) >= 11 is 1.61. The van der Waals surface area contributed by atoms with Gasteiger partial charge in [-0.05, 0) is 30.0 Å². The molecule has 0 saturated heterocycles. The van der Waals surface area contributed by atoms with Crippen LogP contribution in [0.4, 0.5) is 5.95 Å². The minimum atomic E-state index is 0.0418. The number of fused-ring (bicyclic) bond motifs is 1. The van der Waals surface area contributed by atoms with Crippen LogP contribution >= 0.6 is 11.3 Å². The lowest BCUT2D eigenvalue weighted by Gasteiger charge is -2.06. The molecule has 2 N–H and O–H groups in total. The molecule has 0 aliphatic carbocycles. The zero-order valence-corrected chi connectivity index (χ0v) is 11.2. The van der Waals surface area contributed by atoms with Gasteiger partial charge in [0.1, 0.15) is 5.69 Å². The fourth-order valence-electron chi connectivity index (χ4n) is 1.86. The molecule has 3 heterocycles. The van der Waals surface area contributed by atoms with Crippen molar-refractivity contribution in [2.75, 3.05) is 18.5 Å². The van der Waals surface area contributed by atoms with Gasteiger partial charge in [-0.25, -0.2) is 9.97 Å². The Morgan fingerprint density at radius 1 is 1.42 bits per heavy atom. The molecule has 0 saturated carbocycles. The predicted molar refractivity (Wildman–Crippen MR) is 75.4 cm³/mol. The molecule has 3 rings (SSSR count). The number of aliphatic hydroxyl groups excluding tert-OH is 1. The quantitative estimate of drug-likeness (QED) is 0.766. The van der Waals surface area contributed by atoms with Gasteiger partial charge in [-0.15, -0.1) is 11.3 Å². The molecule has 0 spiro atoms. The van der Waals surface area contributed by atoms with Crippen LogP contribution in [0, 0.1) is 6.92 Å². The van der Waals surface area contributed by atoms with E-state index in [1.807, 2.05) is 19.1 Å². The zero-order valence-electron chi connectivity index (χ0n) is 10.4. The molecule has 0 bridgehead atoms. The van der Waals surface area contributed by atoms with Gasteiger partial charge in [0, 0.05) is 6.54 Å². The van der Waals surface area contributed by atoms with Crippen molar-refractivity contribution in [3.05, 3.63) is 29.3 Å². The van der Waals surface area contributed by atoms with E-state index >= 15 is 0 Å². The smallest absolute Gasteiger partial charge is 0.224 e. The molecule has 0 unspecified atom stereocenters. The van der Waals surface area contributed by atoms with E-state index < -0.39 is 0 Å². The first-order valence-corrected chi connectivity index (χ1v) is 6.82. The molecular weight excluding hydrogens is 262 g/mol. The Morgan fingerprint density at radius 3 is 3.05 bits per heavy atom. The van der Waals surface area contributed by atoms with E-state index in [0.717, 1.165) is 27.2 Å². The lowest BCUT2D eigenvalue weighted by molar-refractivity contribution is 0.311. The lowest BCUT2D eigenvalue weighted by Crippen LogP contribution is -2.09. The molecule has 0 radical (unpaired) electrons. The van der Waals surface area contributed by atoms with Crippen LogP contribution in [0.25, 0.3) is 21.7 Å². The Bertz CT molecular complexity index is 691. The van der Waals surface area contributed by atoms with Crippen molar-refractivity contribution in [1.29, 1.82) is 0 Å². The van der Waals surface area contributed by atoms with Crippen molar-refractivity contribution in [3.8, 4) is 11.5 Å². The molecule has 0 atom stereocenters. The summed E-state index contributed by atoms with van der Waals surface area (Å²) in [5, 5.41) is 13.9. The summed E-state index contributed by atoms with van der Waals surface area (Å²) in [6.45, 7) is 2.49. The van der Waals surface area contributed by atoms with E-state index in [2.05, 4.69) is 20.7 Å². The Labute approximate surface area is 113 Å². The largest absolute Gasteiger partial charge is 0.463 e. The number of thiophene rings is 1. The second-order valence-electron chi connectivity index (χ2n) is 4.12.